The number of thioether (sulfide) groups is 1. The first-order valence-electron chi connectivity index (χ1n) is 8.81. The minimum atomic E-state index is -0.343. The lowest BCUT2D eigenvalue weighted by Gasteiger charge is -2.10. The van der Waals surface area contributed by atoms with E-state index in [2.05, 4.69) is 16.0 Å². The van der Waals surface area contributed by atoms with Gasteiger partial charge in [0, 0.05) is 22.0 Å². The molecule has 3 amide bonds. The van der Waals surface area contributed by atoms with Crippen LogP contribution in [0.5, 0.6) is 0 Å². The number of urea groups is 1. The number of hydrogen-bond donors (Lipinski definition) is 3. The number of amides is 3. The Hall–Kier alpha value is -3.25. The van der Waals surface area contributed by atoms with Gasteiger partial charge in [0.25, 0.3) is 0 Å². The van der Waals surface area contributed by atoms with Crippen molar-refractivity contribution in [2.75, 3.05) is 21.7 Å². The molecule has 0 bridgehead atoms. The van der Waals surface area contributed by atoms with Crippen molar-refractivity contribution >= 4 is 40.8 Å². The van der Waals surface area contributed by atoms with Crippen molar-refractivity contribution in [1.29, 1.82) is 0 Å². The fourth-order valence-corrected chi connectivity index (χ4v) is 3.38. The molecule has 0 aliphatic carbocycles. The molecule has 0 saturated heterocycles. The second-order valence-corrected chi connectivity index (χ2v) is 7.15. The Labute approximate surface area is 168 Å². The van der Waals surface area contributed by atoms with Crippen LogP contribution in [0.1, 0.15) is 5.56 Å². The Morgan fingerprint density at radius 3 is 2.11 bits per heavy atom. The average molecular weight is 391 g/mol. The van der Waals surface area contributed by atoms with Gasteiger partial charge < -0.3 is 16.0 Å². The number of carbonyl (C=O) groups is 2. The second-order valence-electron chi connectivity index (χ2n) is 6.13. The maximum Gasteiger partial charge on any atom is 0.323 e. The molecule has 28 heavy (non-hydrogen) atoms. The van der Waals surface area contributed by atoms with Crippen molar-refractivity contribution in [3.8, 4) is 0 Å². The molecule has 0 spiro atoms. The molecule has 0 heterocycles. The molecule has 6 heteroatoms. The molecule has 0 aliphatic rings. The van der Waals surface area contributed by atoms with Gasteiger partial charge >= 0.3 is 6.03 Å². The summed E-state index contributed by atoms with van der Waals surface area (Å²) >= 11 is 1.50. The van der Waals surface area contributed by atoms with Crippen LogP contribution in [-0.2, 0) is 4.79 Å². The van der Waals surface area contributed by atoms with Crippen LogP contribution in [0.25, 0.3) is 0 Å². The summed E-state index contributed by atoms with van der Waals surface area (Å²) in [5.74, 6) is 0.218. The molecule has 0 radical (unpaired) electrons. The Kier molecular flexibility index (Phi) is 6.70. The highest BCUT2D eigenvalue weighted by Gasteiger charge is 2.07. The largest absolute Gasteiger partial charge is 0.325 e. The van der Waals surface area contributed by atoms with E-state index < -0.39 is 0 Å². The van der Waals surface area contributed by atoms with Crippen molar-refractivity contribution in [1.82, 2.24) is 0 Å². The normalized spacial score (nSPS) is 10.2. The first-order valence-corrected chi connectivity index (χ1v) is 9.80. The number of hydrogen-bond acceptors (Lipinski definition) is 3. The Bertz CT molecular complexity index is 961. The van der Waals surface area contributed by atoms with E-state index in [9.17, 15) is 9.59 Å². The molecule has 0 aromatic heterocycles. The molecule has 5 nitrogen and oxygen atoms in total. The van der Waals surface area contributed by atoms with Crippen molar-refractivity contribution in [3.63, 3.8) is 0 Å². The lowest BCUT2D eigenvalue weighted by molar-refractivity contribution is -0.113. The summed E-state index contributed by atoms with van der Waals surface area (Å²) in [7, 11) is 0. The molecule has 0 atom stereocenters. The number of carbonyl (C=O) groups excluding carboxylic acids is 2. The maximum absolute atomic E-state index is 12.2. The van der Waals surface area contributed by atoms with E-state index in [1.807, 2.05) is 61.5 Å². The SMILES string of the molecule is Cc1ccccc1SCC(=O)Nc1cccc(NC(=O)Nc2ccccc2)c1. The summed E-state index contributed by atoms with van der Waals surface area (Å²) < 4.78 is 0. The highest BCUT2D eigenvalue weighted by molar-refractivity contribution is 8.00. The van der Waals surface area contributed by atoms with E-state index in [0.717, 1.165) is 10.5 Å². The summed E-state index contributed by atoms with van der Waals surface area (Å²) in [5, 5.41) is 8.38. The molecule has 142 valence electrons. The molecule has 0 aliphatic heterocycles. The van der Waals surface area contributed by atoms with E-state index in [0.29, 0.717) is 22.8 Å². The van der Waals surface area contributed by atoms with E-state index in [1.165, 1.54) is 11.8 Å². The van der Waals surface area contributed by atoms with Crippen LogP contribution in [-0.4, -0.2) is 17.7 Å². The van der Waals surface area contributed by atoms with E-state index in [4.69, 9.17) is 0 Å². The highest BCUT2D eigenvalue weighted by atomic mass is 32.2. The van der Waals surface area contributed by atoms with Crippen molar-refractivity contribution in [2.45, 2.75) is 11.8 Å². The highest BCUT2D eigenvalue weighted by Crippen LogP contribution is 2.22. The van der Waals surface area contributed by atoms with Gasteiger partial charge in [0.1, 0.15) is 0 Å². The zero-order valence-electron chi connectivity index (χ0n) is 15.4. The predicted molar refractivity (Wildman–Crippen MR) is 116 cm³/mol. The van der Waals surface area contributed by atoms with Crippen LogP contribution in [0, 0.1) is 6.92 Å². The summed E-state index contributed by atoms with van der Waals surface area (Å²) in [6.07, 6.45) is 0. The van der Waals surface area contributed by atoms with E-state index in [1.54, 1.807) is 24.3 Å². The number of aryl methyl sites for hydroxylation is 1. The van der Waals surface area contributed by atoms with Gasteiger partial charge in [-0.1, -0.05) is 42.5 Å². The minimum absolute atomic E-state index is 0.0980. The zero-order chi connectivity index (χ0) is 19.8. The van der Waals surface area contributed by atoms with Crippen LogP contribution in [0.15, 0.2) is 83.8 Å². The van der Waals surface area contributed by atoms with Gasteiger partial charge in [-0.15, -0.1) is 11.8 Å². The topological polar surface area (TPSA) is 70.2 Å². The van der Waals surface area contributed by atoms with Gasteiger partial charge in [-0.3, -0.25) is 4.79 Å². The van der Waals surface area contributed by atoms with Crippen LogP contribution < -0.4 is 16.0 Å². The molecular formula is C22H21N3O2S. The van der Waals surface area contributed by atoms with Gasteiger partial charge in [0.2, 0.25) is 5.91 Å². The minimum Gasteiger partial charge on any atom is -0.325 e. The fourth-order valence-electron chi connectivity index (χ4n) is 2.55. The smallest absolute Gasteiger partial charge is 0.323 e. The number of rotatable bonds is 6. The predicted octanol–water partition coefficient (Wildman–Crippen LogP) is 5.37. The molecule has 0 fully saturated rings. The van der Waals surface area contributed by atoms with Crippen molar-refractivity contribution in [3.05, 3.63) is 84.4 Å². The summed E-state index contributed by atoms with van der Waals surface area (Å²) in [6, 6.07) is 23.9. The average Bonchev–Trinajstić information content (AvgIpc) is 2.68. The lowest BCUT2D eigenvalue weighted by Crippen LogP contribution is -2.19. The zero-order valence-corrected chi connectivity index (χ0v) is 16.3. The molecule has 3 aromatic carbocycles. The molecule has 0 saturated carbocycles. The van der Waals surface area contributed by atoms with Crippen LogP contribution in [0.3, 0.4) is 0 Å². The number of anilines is 3. The number of nitrogens with one attached hydrogen (secondary N) is 3. The van der Waals surface area contributed by atoms with Gasteiger partial charge in [-0.05, 0) is 48.9 Å². The molecule has 0 unspecified atom stereocenters. The maximum atomic E-state index is 12.2. The molecular weight excluding hydrogens is 370 g/mol. The second kappa shape index (κ2) is 9.62. The van der Waals surface area contributed by atoms with Gasteiger partial charge in [0.05, 0.1) is 5.75 Å². The van der Waals surface area contributed by atoms with Gasteiger partial charge in [-0.25, -0.2) is 4.79 Å². The molecule has 3 rings (SSSR count). The van der Waals surface area contributed by atoms with Crippen LogP contribution in [0.2, 0.25) is 0 Å². The molecule has 3 N–H and O–H groups in total. The first-order chi connectivity index (χ1) is 13.6. The summed E-state index contributed by atoms with van der Waals surface area (Å²) in [6.45, 7) is 2.02. The van der Waals surface area contributed by atoms with Crippen LogP contribution in [0.4, 0.5) is 21.9 Å². The Morgan fingerprint density at radius 1 is 0.750 bits per heavy atom. The molecule has 3 aromatic rings. The summed E-state index contributed by atoms with van der Waals surface area (Å²) in [4.78, 5) is 25.4. The van der Waals surface area contributed by atoms with Crippen molar-refractivity contribution in [2.24, 2.45) is 0 Å². The lowest BCUT2D eigenvalue weighted by atomic mass is 10.2. The third-order valence-corrected chi connectivity index (χ3v) is 5.06. The van der Waals surface area contributed by atoms with Gasteiger partial charge in [-0.2, -0.15) is 0 Å². The van der Waals surface area contributed by atoms with E-state index in [-0.39, 0.29) is 11.9 Å². The standard InChI is InChI=1S/C22H21N3O2S/c1-16-8-5-6-13-20(16)28-15-21(26)23-18-11-7-12-19(14-18)25-22(27)24-17-9-3-2-4-10-17/h2-14H,15H2,1H3,(H,23,26)(H2,24,25,27). The van der Waals surface area contributed by atoms with Crippen LogP contribution >= 0.6 is 11.8 Å². The van der Waals surface area contributed by atoms with Gasteiger partial charge in [0.15, 0.2) is 0 Å². The monoisotopic (exact) mass is 391 g/mol. The first kappa shape index (κ1) is 19.5. The summed E-state index contributed by atoms with van der Waals surface area (Å²) in [5.41, 5.74) is 3.08. The van der Waals surface area contributed by atoms with E-state index >= 15 is 0 Å². The number of para-hydroxylation sites is 1. The quantitative estimate of drug-likeness (QED) is 0.495. The third kappa shape index (κ3) is 5.89. The fraction of sp³-hybridized carbons (Fsp3) is 0.0909. The Morgan fingerprint density at radius 2 is 1.36 bits per heavy atom. The van der Waals surface area contributed by atoms with Crippen molar-refractivity contribution < 1.29 is 9.59 Å². The Balaban J connectivity index is 1.53. The third-order valence-electron chi connectivity index (χ3n) is 3.89. The number of benzene rings is 3.